The molecule has 1 aromatic rings. The Bertz CT molecular complexity index is 405. The normalized spacial score (nSPS) is 12.8. The molecule has 0 unspecified atom stereocenters. The Hall–Kier alpha value is -0.870. The van der Waals surface area contributed by atoms with Gasteiger partial charge in [0.25, 0.3) is 0 Å². The third-order valence-electron chi connectivity index (χ3n) is 2.04. The lowest BCUT2D eigenvalue weighted by molar-refractivity contribution is 0.580. The number of benzene rings is 1. The van der Waals surface area contributed by atoms with Crippen LogP contribution in [0.25, 0.3) is 0 Å². The van der Waals surface area contributed by atoms with Crippen molar-refractivity contribution in [2.45, 2.75) is 33.2 Å². The van der Waals surface area contributed by atoms with E-state index in [0.29, 0.717) is 5.84 Å². The van der Waals surface area contributed by atoms with E-state index in [4.69, 9.17) is 5.84 Å². The van der Waals surface area contributed by atoms with E-state index >= 15 is 0 Å². The van der Waals surface area contributed by atoms with Gasteiger partial charge in [-0.05, 0) is 45.4 Å². The first-order valence-electron chi connectivity index (χ1n) is 5.16. The highest BCUT2D eigenvalue weighted by molar-refractivity contribution is 9.10. The van der Waals surface area contributed by atoms with E-state index in [0.717, 1.165) is 15.6 Å². The van der Waals surface area contributed by atoms with Gasteiger partial charge >= 0.3 is 0 Å². The third-order valence-corrected chi connectivity index (χ3v) is 2.53. The second-order valence-corrected chi connectivity index (χ2v) is 5.65. The number of nitrogens with two attached hydrogens (primary N) is 1. The molecule has 0 fully saturated rings. The molecule has 1 rings (SSSR count). The van der Waals surface area contributed by atoms with Gasteiger partial charge in [-0.2, -0.15) is 0 Å². The number of amidine groups is 1. The van der Waals surface area contributed by atoms with Crippen molar-refractivity contribution >= 4 is 21.8 Å². The molecule has 3 N–H and O–H groups in total. The smallest absolute Gasteiger partial charge is 0.143 e. The van der Waals surface area contributed by atoms with Gasteiger partial charge in [0.1, 0.15) is 5.84 Å². The van der Waals surface area contributed by atoms with Gasteiger partial charge in [0.05, 0.1) is 5.54 Å². The summed E-state index contributed by atoms with van der Waals surface area (Å²) in [6, 6.07) is 6.05. The highest BCUT2D eigenvalue weighted by Crippen LogP contribution is 2.18. The fourth-order valence-corrected chi connectivity index (χ4v) is 1.72. The Kier molecular flexibility index (Phi) is 4.10. The molecule has 88 valence electrons. The molecule has 0 saturated heterocycles. The van der Waals surface area contributed by atoms with Crippen LogP contribution in [-0.2, 0) is 0 Å². The molecule has 0 bridgehead atoms. The number of aryl methyl sites for hydroxylation is 1. The van der Waals surface area contributed by atoms with Crippen molar-refractivity contribution in [3.8, 4) is 0 Å². The molecule has 0 aliphatic carbocycles. The average molecular weight is 284 g/mol. The van der Waals surface area contributed by atoms with Crippen molar-refractivity contribution in [1.29, 1.82) is 0 Å². The molecular formula is C12H18BrN3. The molecule has 0 aliphatic rings. The molecular weight excluding hydrogens is 266 g/mol. The van der Waals surface area contributed by atoms with E-state index in [1.54, 1.807) is 0 Å². The van der Waals surface area contributed by atoms with Crippen LogP contribution in [0.2, 0.25) is 0 Å². The summed E-state index contributed by atoms with van der Waals surface area (Å²) < 4.78 is 1.02. The van der Waals surface area contributed by atoms with E-state index < -0.39 is 0 Å². The second-order valence-electron chi connectivity index (χ2n) is 4.73. The number of hydrogen-bond acceptors (Lipinski definition) is 2. The Balaban J connectivity index is 3.24. The minimum atomic E-state index is -0.156. The standard InChI is InChI=1S/C12H18BrN3/c1-8-5-6-9(13)7-10(8)11(16-14)15-12(2,3)4/h5-7H,14H2,1-4H3,(H,15,16). The molecule has 1 aromatic carbocycles. The predicted octanol–water partition coefficient (Wildman–Crippen LogP) is 2.77. The molecule has 0 saturated carbocycles. The maximum Gasteiger partial charge on any atom is 0.143 e. The zero-order valence-corrected chi connectivity index (χ0v) is 11.7. The van der Waals surface area contributed by atoms with Crippen LogP contribution in [0.3, 0.4) is 0 Å². The van der Waals surface area contributed by atoms with Gasteiger partial charge in [-0.3, -0.25) is 4.99 Å². The van der Waals surface area contributed by atoms with Crippen molar-refractivity contribution in [3.63, 3.8) is 0 Å². The van der Waals surface area contributed by atoms with Gasteiger partial charge in [-0.15, -0.1) is 0 Å². The number of aliphatic imine (C=N–C) groups is 1. The van der Waals surface area contributed by atoms with Crippen LogP contribution >= 0.6 is 15.9 Å². The third kappa shape index (κ3) is 3.61. The Labute approximate surface area is 105 Å². The molecule has 16 heavy (non-hydrogen) atoms. The van der Waals surface area contributed by atoms with Crippen molar-refractivity contribution in [1.82, 2.24) is 5.43 Å². The summed E-state index contributed by atoms with van der Waals surface area (Å²) in [6.45, 7) is 8.16. The van der Waals surface area contributed by atoms with Crippen molar-refractivity contribution in [2.24, 2.45) is 10.8 Å². The maximum atomic E-state index is 5.53. The fraction of sp³-hybridized carbons (Fsp3) is 0.417. The van der Waals surface area contributed by atoms with Crippen molar-refractivity contribution < 1.29 is 0 Å². The number of halogens is 1. The van der Waals surface area contributed by atoms with Crippen LogP contribution in [0.5, 0.6) is 0 Å². The summed E-state index contributed by atoms with van der Waals surface area (Å²) in [7, 11) is 0. The predicted molar refractivity (Wildman–Crippen MR) is 72.5 cm³/mol. The van der Waals surface area contributed by atoms with E-state index in [9.17, 15) is 0 Å². The van der Waals surface area contributed by atoms with Crippen LogP contribution < -0.4 is 11.3 Å². The molecule has 4 heteroatoms. The molecule has 0 spiro atoms. The number of rotatable bonds is 1. The molecule has 0 amide bonds. The lowest BCUT2D eigenvalue weighted by Gasteiger charge is -2.17. The molecule has 0 aromatic heterocycles. The fourth-order valence-electron chi connectivity index (χ4n) is 1.36. The van der Waals surface area contributed by atoms with E-state index in [-0.39, 0.29) is 5.54 Å². The van der Waals surface area contributed by atoms with Crippen LogP contribution in [-0.4, -0.2) is 11.4 Å². The van der Waals surface area contributed by atoms with Crippen LogP contribution in [0.15, 0.2) is 27.7 Å². The van der Waals surface area contributed by atoms with Crippen LogP contribution in [0.4, 0.5) is 0 Å². The van der Waals surface area contributed by atoms with Crippen LogP contribution in [0, 0.1) is 6.92 Å². The molecule has 0 aliphatic heterocycles. The zero-order chi connectivity index (χ0) is 12.3. The van der Waals surface area contributed by atoms with Crippen LogP contribution in [0.1, 0.15) is 31.9 Å². The van der Waals surface area contributed by atoms with Gasteiger partial charge < -0.3 is 5.43 Å². The lowest BCUT2D eigenvalue weighted by atomic mass is 10.1. The minimum absolute atomic E-state index is 0.156. The highest BCUT2D eigenvalue weighted by atomic mass is 79.9. The first kappa shape index (κ1) is 13.2. The zero-order valence-electron chi connectivity index (χ0n) is 10.1. The molecule has 3 nitrogen and oxygen atoms in total. The van der Waals surface area contributed by atoms with E-state index in [2.05, 4.69) is 26.3 Å². The highest BCUT2D eigenvalue weighted by Gasteiger charge is 2.12. The maximum absolute atomic E-state index is 5.53. The number of hydrogen-bond donors (Lipinski definition) is 2. The summed E-state index contributed by atoms with van der Waals surface area (Å²) in [6.07, 6.45) is 0. The number of nitrogens with one attached hydrogen (secondary N) is 1. The first-order chi connectivity index (χ1) is 7.33. The van der Waals surface area contributed by atoms with Gasteiger partial charge in [-0.1, -0.05) is 22.0 Å². The van der Waals surface area contributed by atoms with Gasteiger partial charge in [0.2, 0.25) is 0 Å². The number of nitrogens with zero attached hydrogens (tertiary/aromatic N) is 1. The SMILES string of the molecule is Cc1ccc(Br)cc1C(=NC(C)(C)C)NN. The van der Waals surface area contributed by atoms with Gasteiger partial charge in [-0.25, -0.2) is 5.84 Å². The van der Waals surface area contributed by atoms with Crippen molar-refractivity contribution in [3.05, 3.63) is 33.8 Å². The number of hydrazine groups is 1. The Morgan fingerprint density at radius 3 is 2.50 bits per heavy atom. The minimum Gasteiger partial charge on any atom is -0.308 e. The summed E-state index contributed by atoms with van der Waals surface area (Å²) in [4.78, 5) is 4.56. The van der Waals surface area contributed by atoms with E-state index in [1.165, 1.54) is 0 Å². The van der Waals surface area contributed by atoms with Gasteiger partial charge in [0.15, 0.2) is 0 Å². The summed E-state index contributed by atoms with van der Waals surface area (Å²) in [5.41, 5.74) is 4.68. The molecule has 0 radical (unpaired) electrons. The van der Waals surface area contributed by atoms with E-state index in [1.807, 2.05) is 45.9 Å². The summed E-state index contributed by atoms with van der Waals surface area (Å²) >= 11 is 3.45. The lowest BCUT2D eigenvalue weighted by Crippen LogP contribution is -2.34. The first-order valence-corrected chi connectivity index (χ1v) is 5.96. The quantitative estimate of drug-likeness (QED) is 0.360. The second kappa shape index (κ2) is 4.97. The summed E-state index contributed by atoms with van der Waals surface area (Å²) in [5.74, 6) is 6.25. The van der Waals surface area contributed by atoms with Gasteiger partial charge in [0, 0.05) is 10.0 Å². The molecule has 0 atom stereocenters. The largest absolute Gasteiger partial charge is 0.308 e. The Morgan fingerprint density at radius 2 is 2.00 bits per heavy atom. The average Bonchev–Trinajstić information content (AvgIpc) is 2.17. The van der Waals surface area contributed by atoms with Crippen molar-refractivity contribution in [2.75, 3.05) is 0 Å². The monoisotopic (exact) mass is 283 g/mol. The summed E-state index contributed by atoms with van der Waals surface area (Å²) in [5, 5.41) is 0. The topological polar surface area (TPSA) is 50.4 Å². The Morgan fingerprint density at radius 1 is 1.38 bits per heavy atom. The molecule has 0 heterocycles.